The smallest absolute Gasteiger partial charge is 0.337 e. The quantitative estimate of drug-likeness (QED) is 0.375. The largest absolute Gasteiger partial charge is 0.465 e. The molecule has 190 valence electrons. The Morgan fingerprint density at radius 1 is 1.03 bits per heavy atom. The van der Waals surface area contributed by atoms with Crippen molar-refractivity contribution >= 4 is 29.0 Å². The molecule has 0 aromatic heterocycles. The van der Waals surface area contributed by atoms with Gasteiger partial charge in [0.05, 0.1) is 30.2 Å². The minimum atomic E-state index is -0.599. The summed E-state index contributed by atoms with van der Waals surface area (Å²) in [6, 6.07) is 23.0. The molecule has 2 N–H and O–H groups in total. The van der Waals surface area contributed by atoms with E-state index in [4.69, 9.17) is 9.73 Å². The topological polar surface area (TPSA) is 91.2 Å². The predicted molar refractivity (Wildman–Crippen MR) is 144 cm³/mol. The summed E-state index contributed by atoms with van der Waals surface area (Å²) in [4.78, 5) is 32.5. The number of piperidine rings is 1. The first-order valence-electron chi connectivity index (χ1n) is 12.7. The number of hydrogen-bond donors (Lipinski definition) is 2. The van der Waals surface area contributed by atoms with Crippen LogP contribution in [-0.2, 0) is 16.0 Å². The summed E-state index contributed by atoms with van der Waals surface area (Å²) in [7, 11) is 1.33. The lowest BCUT2D eigenvalue weighted by Gasteiger charge is -2.29. The number of methoxy groups -OCH3 is 1. The van der Waals surface area contributed by atoms with E-state index < -0.39 is 11.9 Å². The number of aliphatic hydroxyl groups is 1. The van der Waals surface area contributed by atoms with Gasteiger partial charge in [0.2, 0.25) is 5.91 Å². The second-order valence-electron chi connectivity index (χ2n) is 9.57. The molecule has 2 aliphatic heterocycles. The maximum atomic E-state index is 13.2. The van der Waals surface area contributed by atoms with E-state index in [9.17, 15) is 14.7 Å². The molecule has 2 aliphatic rings. The Hall–Kier alpha value is -3.81. The van der Waals surface area contributed by atoms with Crippen molar-refractivity contribution in [3.8, 4) is 0 Å². The van der Waals surface area contributed by atoms with Crippen molar-refractivity contribution in [3.63, 3.8) is 0 Å². The van der Waals surface area contributed by atoms with Crippen LogP contribution in [0.4, 0.5) is 11.4 Å². The molecule has 1 saturated heterocycles. The first kappa shape index (κ1) is 24.9. The molecular weight excluding hydrogens is 466 g/mol. The predicted octanol–water partition coefficient (Wildman–Crippen LogP) is 4.33. The molecule has 37 heavy (non-hydrogen) atoms. The highest BCUT2D eigenvalue weighted by atomic mass is 16.5. The van der Waals surface area contributed by atoms with Gasteiger partial charge in [0, 0.05) is 25.3 Å². The molecule has 0 saturated carbocycles. The summed E-state index contributed by atoms with van der Waals surface area (Å²) in [6.07, 6.45) is 2.47. The lowest BCUT2D eigenvalue weighted by molar-refractivity contribution is -0.115. The highest BCUT2D eigenvalue weighted by molar-refractivity contribution is 6.24. The fraction of sp³-hybridized carbons (Fsp3) is 0.300. The molecule has 1 unspecified atom stereocenters. The third-order valence-corrected chi connectivity index (χ3v) is 7.11. The van der Waals surface area contributed by atoms with Gasteiger partial charge in [0.15, 0.2) is 0 Å². The van der Waals surface area contributed by atoms with E-state index in [2.05, 4.69) is 22.3 Å². The number of carbonyl (C=O) groups is 2. The molecule has 0 bridgehead atoms. The van der Waals surface area contributed by atoms with E-state index in [0.29, 0.717) is 17.0 Å². The number of nitrogens with one attached hydrogen (secondary N) is 1. The van der Waals surface area contributed by atoms with Gasteiger partial charge >= 0.3 is 5.97 Å². The van der Waals surface area contributed by atoms with Crippen LogP contribution >= 0.6 is 0 Å². The number of fused-ring (bicyclic) bond motifs is 1. The highest BCUT2D eigenvalue weighted by Gasteiger charge is 2.36. The average molecular weight is 498 g/mol. The van der Waals surface area contributed by atoms with Crippen molar-refractivity contribution in [2.45, 2.75) is 31.3 Å². The van der Waals surface area contributed by atoms with E-state index in [-0.39, 0.29) is 12.0 Å². The van der Waals surface area contributed by atoms with Crippen molar-refractivity contribution < 1.29 is 19.4 Å². The standard InChI is InChI=1S/C30H31N3O4/c1-37-30(36)22-9-12-25-26(19-22)32-29(35)27(25)28(21-5-3-2-4-6-21)31-23-10-7-20(8-11-23)13-16-33-17-14-24(34)15-18-33/h2-12,19,24,27,34H,13-18H2,1H3,(H,32,35). The van der Waals surface area contributed by atoms with Crippen LogP contribution in [0, 0.1) is 0 Å². The second-order valence-corrected chi connectivity index (χ2v) is 9.57. The molecule has 3 aromatic rings. The minimum Gasteiger partial charge on any atom is -0.465 e. The van der Waals surface area contributed by atoms with Gasteiger partial charge < -0.3 is 20.1 Å². The molecule has 0 spiro atoms. The van der Waals surface area contributed by atoms with Crippen molar-refractivity contribution in [3.05, 3.63) is 95.1 Å². The Morgan fingerprint density at radius 3 is 2.46 bits per heavy atom. The SMILES string of the molecule is COC(=O)c1ccc2c(c1)NC(=O)C2C(=Nc1ccc(CCN2CCC(O)CC2)cc1)c1ccccc1. The van der Waals surface area contributed by atoms with Gasteiger partial charge in [-0.05, 0) is 60.2 Å². The third-order valence-electron chi connectivity index (χ3n) is 7.11. The van der Waals surface area contributed by atoms with E-state index in [1.165, 1.54) is 12.7 Å². The maximum Gasteiger partial charge on any atom is 0.337 e. The van der Waals surface area contributed by atoms with Crippen LogP contribution in [0.15, 0.2) is 77.8 Å². The second kappa shape index (κ2) is 11.1. The number of hydrogen-bond acceptors (Lipinski definition) is 6. The van der Waals surface area contributed by atoms with E-state index in [1.54, 1.807) is 18.2 Å². The fourth-order valence-corrected chi connectivity index (χ4v) is 4.99. The number of nitrogens with zero attached hydrogens (tertiary/aromatic N) is 2. The zero-order valence-electron chi connectivity index (χ0n) is 20.9. The average Bonchev–Trinajstić information content (AvgIpc) is 3.26. The number of carbonyl (C=O) groups excluding carboxylic acids is 2. The number of ether oxygens (including phenoxy) is 1. The number of aliphatic imine (C=N–C) groups is 1. The Morgan fingerprint density at radius 2 is 1.76 bits per heavy atom. The molecule has 1 fully saturated rings. The Kier molecular flexibility index (Phi) is 7.44. The number of likely N-dealkylation sites (tertiary alicyclic amines) is 1. The van der Waals surface area contributed by atoms with Gasteiger partial charge in [-0.3, -0.25) is 9.79 Å². The van der Waals surface area contributed by atoms with Crippen LogP contribution in [0.25, 0.3) is 0 Å². The van der Waals surface area contributed by atoms with Gasteiger partial charge in [-0.15, -0.1) is 0 Å². The summed E-state index contributed by atoms with van der Waals surface area (Å²) < 4.78 is 4.82. The summed E-state index contributed by atoms with van der Waals surface area (Å²) in [5, 5.41) is 12.6. The zero-order chi connectivity index (χ0) is 25.8. The summed E-state index contributed by atoms with van der Waals surface area (Å²) in [5.74, 6) is -1.23. The van der Waals surface area contributed by atoms with Gasteiger partial charge in [-0.1, -0.05) is 48.5 Å². The Labute approximate surface area is 216 Å². The minimum absolute atomic E-state index is 0.156. The molecule has 5 rings (SSSR count). The normalized spacial score (nSPS) is 18.4. The van der Waals surface area contributed by atoms with Gasteiger partial charge in [0.25, 0.3) is 0 Å². The van der Waals surface area contributed by atoms with Crippen LogP contribution in [0.1, 0.15) is 45.8 Å². The monoisotopic (exact) mass is 497 g/mol. The first-order chi connectivity index (χ1) is 18.0. The lowest BCUT2D eigenvalue weighted by atomic mass is 9.90. The molecule has 7 nitrogen and oxygen atoms in total. The molecule has 1 amide bonds. The molecule has 0 aliphatic carbocycles. The number of amides is 1. The molecular formula is C30H31N3O4. The molecule has 1 atom stereocenters. The van der Waals surface area contributed by atoms with Gasteiger partial charge in [-0.25, -0.2) is 4.79 Å². The molecule has 7 heteroatoms. The van der Waals surface area contributed by atoms with Crippen LogP contribution in [0.2, 0.25) is 0 Å². The van der Waals surface area contributed by atoms with E-state index >= 15 is 0 Å². The summed E-state index contributed by atoms with van der Waals surface area (Å²) >= 11 is 0. The van der Waals surface area contributed by atoms with Crippen LogP contribution < -0.4 is 5.32 Å². The third kappa shape index (κ3) is 5.63. The Balaban J connectivity index is 1.40. The fourth-order valence-electron chi connectivity index (χ4n) is 4.99. The van der Waals surface area contributed by atoms with Crippen molar-refractivity contribution in [1.29, 1.82) is 0 Å². The number of benzene rings is 3. The van der Waals surface area contributed by atoms with Crippen LogP contribution in [0.5, 0.6) is 0 Å². The molecule has 2 heterocycles. The van der Waals surface area contributed by atoms with Crippen LogP contribution in [-0.4, -0.2) is 60.4 Å². The lowest BCUT2D eigenvalue weighted by Crippen LogP contribution is -2.37. The van der Waals surface area contributed by atoms with E-state index in [1.807, 2.05) is 42.5 Å². The van der Waals surface area contributed by atoms with Gasteiger partial charge in [-0.2, -0.15) is 0 Å². The van der Waals surface area contributed by atoms with Crippen molar-refractivity contribution in [1.82, 2.24) is 4.90 Å². The molecule has 0 radical (unpaired) electrons. The zero-order valence-corrected chi connectivity index (χ0v) is 20.9. The van der Waals surface area contributed by atoms with E-state index in [0.717, 1.165) is 55.7 Å². The van der Waals surface area contributed by atoms with Crippen molar-refractivity contribution in [2.75, 3.05) is 32.1 Å². The number of rotatable bonds is 7. The van der Waals surface area contributed by atoms with Gasteiger partial charge in [0.1, 0.15) is 5.92 Å². The summed E-state index contributed by atoms with van der Waals surface area (Å²) in [5.41, 5.74) is 5.29. The van der Waals surface area contributed by atoms with Crippen molar-refractivity contribution in [2.24, 2.45) is 4.99 Å². The Bertz CT molecular complexity index is 1300. The first-order valence-corrected chi connectivity index (χ1v) is 12.7. The van der Waals surface area contributed by atoms with Crippen LogP contribution in [0.3, 0.4) is 0 Å². The highest BCUT2D eigenvalue weighted by Crippen LogP contribution is 2.37. The number of aliphatic hydroxyl groups excluding tert-OH is 1. The maximum absolute atomic E-state index is 13.2. The number of anilines is 1. The number of esters is 1. The molecule has 3 aromatic carbocycles. The summed E-state index contributed by atoms with van der Waals surface area (Å²) in [6.45, 7) is 2.85.